The fourth-order valence-electron chi connectivity index (χ4n) is 3.44. The maximum Gasteiger partial charge on any atom is 0.263 e. The number of nitrogens with zero attached hydrogens (tertiary/aromatic N) is 2. The minimum Gasteiger partial charge on any atom is -0.360 e. The minimum absolute atomic E-state index is 0.222. The van der Waals surface area contributed by atoms with Gasteiger partial charge in [0.2, 0.25) is 0 Å². The molecule has 1 aromatic carbocycles. The number of aryl methyl sites for hydroxylation is 2. The number of rotatable bonds is 4. The Labute approximate surface area is 156 Å². The highest BCUT2D eigenvalue weighted by atomic mass is 32.1. The third kappa shape index (κ3) is 3.17. The van der Waals surface area contributed by atoms with E-state index in [0.717, 1.165) is 30.0 Å². The van der Waals surface area contributed by atoms with Crippen LogP contribution in [0.2, 0.25) is 0 Å². The molecule has 134 valence electrons. The van der Waals surface area contributed by atoms with Gasteiger partial charge in [0.15, 0.2) is 5.13 Å². The van der Waals surface area contributed by atoms with Crippen molar-refractivity contribution in [3.8, 4) is 11.3 Å². The van der Waals surface area contributed by atoms with Crippen molar-refractivity contribution in [2.75, 3.05) is 5.32 Å². The molecule has 2 aromatic heterocycles. The molecule has 0 saturated carbocycles. The summed E-state index contributed by atoms with van der Waals surface area (Å²) in [5.74, 6) is 1.02. The Kier molecular flexibility index (Phi) is 4.59. The molecule has 1 unspecified atom stereocenters. The summed E-state index contributed by atoms with van der Waals surface area (Å²) in [6.07, 6.45) is 4.45. The van der Waals surface area contributed by atoms with E-state index in [2.05, 4.69) is 22.4 Å². The molecular formula is C20H21N3O2S. The van der Waals surface area contributed by atoms with Crippen LogP contribution in [0.1, 0.15) is 46.5 Å². The van der Waals surface area contributed by atoms with Crippen LogP contribution < -0.4 is 5.32 Å². The Hall–Kier alpha value is -2.47. The van der Waals surface area contributed by atoms with Crippen LogP contribution in [0.4, 0.5) is 5.13 Å². The minimum atomic E-state index is -0.222. The molecule has 1 amide bonds. The predicted molar refractivity (Wildman–Crippen MR) is 103 cm³/mol. The highest BCUT2D eigenvalue weighted by molar-refractivity contribution is 7.15. The van der Waals surface area contributed by atoms with Gasteiger partial charge in [-0.15, -0.1) is 11.3 Å². The van der Waals surface area contributed by atoms with E-state index in [4.69, 9.17) is 4.52 Å². The molecule has 0 bridgehead atoms. The molecule has 0 aliphatic heterocycles. The van der Waals surface area contributed by atoms with Crippen LogP contribution in [-0.4, -0.2) is 16.0 Å². The van der Waals surface area contributed by atoms with Crippen LogP contribution in [0.25, 0.3) is 11.3 Å². The second kappa shape index (κ2) is 7.03. The number of carbonyl (C=O) groups is 1. The number of nitrogens with one attached hydrogen (secondary N) is 1. The molecule has 5 nitrogen and oxygen atoms in total. The molecule has 1 atom stereocenters. The molecule has 4 rings (SSSR count). The summed E-state index contributed by atoms with van der Waals surface area (Å²) in [6.45, 7) is 3.99. The lowest BCUT2D eigenvalue weighted by Gasteiger charge is -2.18. The average molecular weight is 367 g/mol. The first-order chi connectivity index (χ1) is 12.7. The van der Waals surface area contributed by atoms with Crippen molar-refractivity contribution in [1.82, 2.24) is 10.1 Å². The summed E-state index contributed by atoms with van der Waals surface area (Å²) in [4.78, 5) is 18.8. The van der Waals surface area contributed by atoms with Gasteiger partial charge in [0.1, 0.15) is 17.0 Å². The van der Waals surface area contributed by atoms with Crippen LogP contribution in [0.15, 0.2) is 34.9 Å². The van der Waals surface area contributed by atoms with Gasteiger partial charge < -0.3 is 4.52 Å². The second-order valence-electron chi connectivity index (χ2n) is 6.69. The van der Waals surface area contributed by atoms with Crippen molar-refractivity contribution >= 4 is 22.4 Å². The quantitative estimate of drug-likeness (QED) is 0.714. The molecule has 6 heteroatoms. The van der Waals surface area contributed by atoms with Gasteiger partial charge in [-0.25, -0.2) is 4.98 Å². The first-order valence-corrected chi connectivity index (χ1v) is 9.79. The second-order valence-corrected chi connectivity index (χ2v) is 7.77. The topological polar surface area (TPSA) is 68.0 Å². The van der Waals surface area contributed by atoms with Crippen molar-refractivity contribution in [2.24, 2.45) is 5.92 Å². The number of anilines is 1. The van der Waals surface area contributed by atoms with Crippen LogP contribution in [-0.2, 0) is 12.8 Å². The van der Waals surface area contributed by atoms with E-state index in [0.29, 0.717) is 22.1 Å². The van der Waals surface area contributed by atoms with Crippen molar-refractivity contribution in [1.29, 1.82) is 0 Å². The molecule has 1 aliphatic rings. The third-order valence-electron chi connectivity index (χ3n) is 4.98. The molecule has 0 spiro atoms. The maximum atomic E-state index is 12.9. The fraction of sp³-hybridized carbons (Fsp3) is 0.350. The number of carbonyl (C=O) groups excluding carboxylic acids is 1. The Balaban J connectivity index is 1.59. The van der Waals surface area contributed by atoms with Gasteiger partial charge in [-0.1, -0.05) is 48.8 Å². The lowest BCUT2D eigenvalue weighted by atomic mass is 9.89. The fourth-order valence-corrected chi connectivity index (χ4v) is 4.55. The van der Waals surface area contributed by atoms with Crippen molar-refractivity contribution in [2.45, 2.75) is 39.5 Å². The highest BCUT2D eigenvalue weighted by Gasteiger charge is 2.25. The molecule has 1 N–H and O–H groups in total. The van der Waals surface area contributed by atoms with Crippen molar-refractivity contribution in [3.63, 3.8) is 0 Å². The van der Waals surface area contributed by atoms with Crippen LogP contribution in [0, 0.1) is 12.8 Å². The van der Waals surface area contributed by atoms with Crippen molar-refractivity contribution < 1.29 is 9.32 Å². The Morgan fingerprint density at radius 2 is 2.15 bits per heavy atom. The molecule has 2 heterocycles. The van der Waals surface area contributed by atoms with Gasteiger partial charge in [-0.3, -0.25) is 10.1 Å². The number of amides is 1. The summed E-state index contributed by atoms with van der Waals surface area (Å²) < 4.78 is 5.29. The summed E-state index contributed by atoms with van der Waals surface area (Å²) in [6, 6.07) is 9.60. The van der Waals surface area contributed by atoms with Gasteiger partial charge >= 0.3 is 0 Å². The van der Waals surface area contributed by atoms with E-state index < -0.39 is 0 Å². The normalized spacial score (nSPS) is 16.3. The Morgan fingerprint density at radius 1 is 1.35 bits per heavy atom. The zero-order valence-corrected chi connectivity index (χ0v) is 15.7. The highest BCUT2D eigenvalue weighted by Crippen LogP contribution is 2.34. The number of hydrogen-bond donors (Lipinski definition) is 1. The summed E-state index contributed by atoms with van der Waals surface area (Å²) in [5.41, 5.74) is 3.03. The Morgan fingerprint density at radius 3 is 2.92 bits per heavy atom. The maximum absolute atomic E-state index is 12.9. The van der Waals surface area contributed by atoms with Crippen LogP contribution in [0.3, 0.4) is 0 Å². The molecule has 3 aromatic rings. The first kappa shape index (κ1) is 17.0. The summed E-state index contributed by atoms with van der Waals surface area (Å²) in [7, 11) is 0. The average Bonchev–Trinajstić information content (AvgIpc) is 3.24. The van der Waals surface area contributed by atoms with E-state index in [-0.39, 0.29) is 5.91 Å². The van der Waals surface area contributed by atoms with E-state index in [1.54, 1.807) is 18.3 Å². The van der Waals surface area contributed by atoms with Gasteiger partial charge in [0, 0.05) is 10.4 Å². The third-order valence-corrected chi connectivity index (χ3v) is 6.01. The Bertz CT molecular complexity index is 930. The van der Waals surface area contributed by atoms with Crippen LogP contribution >= 0.6 is 11.3 Å². The lowest BCUT2D eigenvalue weighted by molar-refractivity contribution is 0.102. The van der Waals surface area contributed by atoms with Crippen molar-refractivity contribution in [3.05, 3.63) is 52.2 Å². The number of thiazole rings is 1. The molecule has 1 aliphatic carbocycles. The smallest absolute Gasteiger partial charge is 0.263 e. The van der Waals surface area contributed by atoms with E-state index in [1.807, 2.05) is 30.3 Å². The molecule has 0 radical (unpaired) electrons. The predicted octanol–water partition coefficient (Wildman–Crippen LogP) is 4.87. The monoisotopic (exact) mass is 367 g/mol. The van der Waals surface area contributed by atoms with Gasteiger partial charge in [-0.05, 0) is 32.1 Å². The zero-order chi connectivity index (χ0) is 18.1. The molecule has 0 fully saturated rings. The van der Waals surface area contributed by atoms with E-state index >= 15 is 0 Å². The van der Waals surface area contributed by atoms with E-state index in [1.165, 1.54) is 17.7 Å². The van der Waals surface area contributed by atoms with Gasteiger partial charge in [0.25, 0.3) is 5.91 Å². The standard InChI is InChI=1S/C20H21N3O2S/c1-3-13-9-10-15-16(11-13)26-20(21-15)22-19(24)17-12(2)25-23-18(17)14-7-5-4-6-8-14/h4-8,13H,3,9-11H2,1-2H3,(H,21,22,24). The first-order valence-electron chi connectivity index (χ1n) is 8.97. The largest absolute Gasteiger partial charge is 0.360 e. The van der Waals surface area contributed by atoms with Crippen LogP contribution in [0.5, 0.6) is 0 Å². The van der Waals surface area contributed by atoms with Gasteiger partial charge in [0.05, 0.1) is 5.69 Å². The number of fused-ring (bicyclic) bond motifs is 1. The lowest BCUT2D eigenvalue weighted by Crippen LogP contribution is -2.13. The molecular weight excluding hydrogens is 346 g/mol. The number of aromatic nitrogens is 2. The number of benzene rings is 1. The molecule has 0 saturated heterocycles. The molecule has 26 heavy (non-hydrogen) atoms. The van der Waals surface area contributed by atoms with Gasteiger partial charge in [-0.2, -0.15) is 0 Å². The summed E-state index contributed by atoms with van der Waals surface area (Å²) in [5, 5.41) is 7.70. The zero-order valence-electron chi connectivity index (χ0n) is 14.9. The summed E-state index contributed by atoms with van der Waals surface area (Å²) >= 11 is 1.59. The van der Waals surface area contributed by atoms with E-state index in [9.17, 15) is 4.79 Å². The SMILES string of the molecule is CCC1CCc2nc(NC(=O)c3c(-c4ccccc4)noc3C)sc2C1. The number of hydrogen-bond acceptors (Lipinski definition) is 5.